The number of carbonyl (C=O) groups is 1. The summed E-state index contributed by atoms with van der Waals surface area (Å²) in [5.74, 6) is -1.49. The number of aryl methyl sites for hydroxylation is 1. The fourth-order valence-electron chi connectivity index (χ4n) is 2.66. The quantitative estimate of drug-likeness (QED) is 0.560. The number of anilines is 2. The van der Waals surface area contributed by atoms with Crippen LogP contribution in [0, 0.1) is 17.0 Å². The first-order chi connectivity index (χ1) is 12.1. The van der Waals surface area contributed by atoms with Gasteiger partial charge in [-0.05, 0) is 24.3 Å². The molecule has 0 unspecified atom stereocenters. The number of nitrogens with one attached hydrogen (secondary N) is 1. The molecule has 0 aliphatic heterocycles. The highest BCUT2D eigenvalue weighted by atomic mass is 79.9. The zero-order valence-corrected chi connectivity index (χ0v) is 16.4. The van der Waals surface area contributed by atoms with Crippen LogP contribution >= 0.6 is 15.9 Å². The van der Waals surface area contributed by atoms with Crippen LogP contribution in [0.3, 0.4) is 0 Å². The van der Waals surface area contributed by atoms with Gasteiger partial charge >= 0.3 is 0 Å². The Morgan fingerprint density at radius 3 is 2.54 bits per heavy atom. The molecule has 0 amide bonds. The Morgan fingerprint density at radius 2 is 1.92 bits per heavy atom. The van der Waals surface area contributed by atoms with E-state index in [4.69, 9.17) is 0 Å². The molecule has 0 aliphatic carbocycles. The largest absolute Gasteiger partial charge is 0.350 e. The lowest BCUT2D eigenvalue weighted by atomic mass is 9.85. The molecule has 0 saturated carbocycles. The predicted octanol–water partition coefficient (Wildman–Crippen LogP) is 5.59. The van der Waals surface area contributed by atoms with Gasteiger partial charge in [0.15, 0.2) is 11.6 Å². The van der Waals surface area contributed by atoms with E-state index in [1.54, 1.807) is 44.5 Å². The zero-order valence-electron chi connectivity index (χ0n) is 14.8. The minimum Gasteiger partial charge on any atom is -0.350 e. The molecule has 7 heteroatoms. The molecule has 0 radical (unpaired) electrons. The van der Waals surface area contributed by atoms with Crippen molar-refractivity contribution in [3.63, 3.8) is 0 Å². The highest BCUT2D eigenvalue weighted by Gasteiger charge is 2.29. The van der Waals surface area contributed by atoms with Crippen molar-refractivity contribution in [2.45, 2.75) is 20.8 Å². The number of fused-ring (bicyclic) bond motifs is 1. The molecule has 0 fully saturated rings. The lowest BCUT2D eigenvalue weighted by Crippen LogP contribution is -2.22. The molecular weight excluding hydrogens is 404 g/mol. The number of ketones is 1. The summed E-state index contributed by atoms with van der Waals surface area (Å²) in [7, 11) is 1.72. The summed E-state index contributed by atoms with van der Waals surface area (Å²) in [4.78, 5) is 17.0. The zero-order chi connectivity index (χ0) is 19.2. The van der Waals surface area contributed by atoms with E-state index >= 15 is 4.39 Å². The van der Waals surface area contributed by atoms with Crippen LogP contribution in [-0.4, -0.2) is 15.3 Å². The first-order valence-electron chi connectivity index (χ1n) is 8.00. The minimum absolute atomic E-state index is 0.0719. The fraction of sp³-hybridized carbons (Fsp3) is 0.263. The molecule has 1 N–H and O–H groups in total. The van der Waals surface area contributed by atoms with Gasteiger partial charge in [0.1, 0.15) is 11.3 Å². The average Bonchev–Trinajstić information content (AvgIpc) is 2.92. The van der Waals surface area contributed by atoms with Crippen LogP contribution in [0.25, 0.3) is 11.0 Å². The smallest absolute Gasteiger partial charge is 0.175 e. The number of carbonyl (C=O) groups excluding carboxylic acids is 1. The molecule has 0 saturated heterocycles. The molecule has 0 atom stereocenters. The Labute approximate surface area is 158 Å². The molecule has 2 aromatic carbocycles. The van der Waals surface area contributed by atoms with Crippen molar-refractivity contribution >= 4 is 44.1 Å². The van der Waals surface area contributed by atoms with Gasteiger partial charge in [-0.25, -0.2) is 13.8 Å². The summed E-state index contributed by atoms with van der Waals surface area (Å²) >= 11 is 3.19. The van der Waals surface area contributed by atoms with Gasteiger partial charge in [0, 0.05) is 22.5 Å². The molecule has 4 nitrogen and oxygen atoms in total. The Morgan fingerprint density at radius 1 is 1.23 bits per heavy atom. The molecular formula is C19H18BrF2N3O. The van der Waals surface area contributed by atoms with E-state index < -0.39 is 17.0 Å². The third-order valence-electron chi connectivity index (χ3n) is 4.08. The van der Waals surface area contributed by atoms with Gasteiger partial charge < -0.3 is 9.88 Å². The van der Waals surface area contributed by atoms with Crippen molar-refractivity contribution in [1.29, 1.82) is 0 Å². The van der Waals surface area contributed by atoms with Crippen molar-refractivity contribution in [3.05, 3.63) is 52.3 Å². The van der Waals surface area contributed by atoms with Gasteiger partial charge in [0.05, 0.1) is 23.2 Å². The molecule has 0 aliphatic rings. The molecule has 0 spiro atoms. The molecule has 1 aromatic heterocycles. The van der Waals surface area contributed by atoms with Crippen LogP contribution in [0.15, 0.2) is 35.1 Å². The lowest BCUT2D eigenvalue weighted by Gasteiger charge is -2.21. The Hall–Kier alpha value is -2.28. The van der Waals surface area contributed by atoms with E-state index in [2.05, 4.69) is 26.2 Å². The second kappa shape index (κ2) is 6.46. The van der Waals surface area contributed by atoms with Gasteiger partial charge in [0.2, 0.25) is 0 Å². The summed E-state index contributed by atoms with van der Waals surface area (Å²) in [6, 6.07) is 5.98. The van der Waals surface area contributed by atoms with E-state index in [1.165, 1.54) is 18.5 Å². The number of hydrogen-bond acceptors (Lipinski definition) is 3. The number of nitrogens with zero attached hydrogens (tertiary/aromatic N) is 2. The highest BCUT2D eigenvalue weighted by molar-refractivity contribution is 9.10. The fourth-order valence-corrected chi connectivity index (χ4v) is 2.99. The van der Waals surface area contributed by atoms with Gasteiger partial charge in [-0.1, -0.05) is 36.7 Å². The van der Waals surface area contributed by atoms with E-state index in [-0.39, 0.29) is 28.2 Å². The van der Waals surface area contributed by atoms with Crippen LogP contribution in [0.5, 0.6) is 0 Å². The molecule has 1 heterocycles. The summed E-state index contributed by atoms with van der Waals surface area (Å²) in [5, 5.41) is 2.75. The minimum atomic E-state index is -0.729. The molecule has 3 aromatic rings. The van der Waals surface area contributed by atoms with E-state index in [9.17, 15) is 9.18 Å². The second-order valence-corrected chi connectivity index (χ2v) is 8.08. The van der Waals surface area contributed by atoms with E-state index in [0.717, 1.165) is 0 Å². The predicted molar refractivity (Wildman–Crippen MR) is 102 cm³/mol. The van der Waals surface area contributed by atoms with Crippen molar-refractivity contribution < 1.29 is 13.6 Å². The standard InChI is InChI=1S/C19H18BrF2N3O/c1-19(2,3)18(26)11-8-14-17(23-9-25(14)4)15(22)16(11)24-13-6-5-10(20)7-12(13)21/h5-9,24H,1-4H3. The highest BCUT2D eigenvalue weighted by Crippen LogP contribution is 2.35. The summed E-state index contributed by atoms with van der Waals surface area (Å²) in [5.41, 5.74) is 0.0546. The van der Waals surface area contributed by atoms with Crippen molar-refractivity contribution in [2.75, 3.05) is 5.32 Å². The third kappa shape index (κ3) is 3.23. The average molecular weight is 422 g/mol. The number of benzene rings is 2. The SMILES string of the molecule is Cn1cnc2c(F)c(Nc3ccc(Br)cc3F)c(C(=O)C(C)(C)C)cc21. The van der Waals surface area contributed by atoms with Gasteiger partial charge in [-0.15, -0.1) is 0 Å². The van der Waals surface area contributed by atoms with Crippen LogP contribution in [0.1, 0.15) is 31.1 Å². The van der Waals surface area contributed by atoms with Crippen molar-refractivity contribution in [3.8, 4) is 0 Å². The Balaban J connectivity index is 2.24. The Bertz CT molecular complexity index is 1020. The second-order valence-electron chi connectivity index (χ2n) is 7.16. The molecule has 26 heavy (non-hydrogen) atoms. The molecule has 136 valence electrons. The van der Waals surface area contributed by atoms with Crippen molar-refractivity contribution in [2.24, 2.45) is 12.5 Å². The van der Waals surface area contributed by atoms with Crippen LogP contribution < -0.4 is 5.32 Å². The van der Waals surface area contributed by atoms with Crippen LogP contribution in [-0.2, 0) is 7.05 Å². The number of Topliss-reactive ketones (excluding diaryl/α,β-unsaturated/α-hetero) is 1. The maximum atomic E-state index is 15.2. The van der Waals surface area contributed by atoms with Crippen LogP contribution in [0.4, 0.5) is 20.2 Å². The number of aromatic nitrogens is 2. The normalized spacial score (nSPS) is 11.8. The maximum absolute atomic E-state index is 15.2. The summed E-state index contributed by atoms with van der Waals surface area (Å²) in [6.45, 7) is 5.26. The number of halogens is 3. The molecule has 3 rings (SSSR count). The van der Waals surface area contributed by atoms with Gasteiger partial charge in [-0.3, -0.25) is 4.79 Å². The van der Waals surface area contributed by atoms with Gasteiger partial charge in [0.25, 0.3) is 0 Å². The third-order valence-corrected chi connectivity index (χ3v) is 4.57. The first kappa shape index (κ1) is 18.5. The van der Waals surface area contributed by atoms with E-state index in [0.29, 0.717) is 9.99 Å². The summed E-state index contributed by atoms with van der Waals surface area (Å²) < 4.78 is 31.6. The van der Waals surface area contributed by atoms with E-state index in [1.807, 2.05) is 0 Å². The maximum Gasteiger partial charge on any atom is 0.175 e. The number of hydrogen-bond donors (Lipinski definition) is 1. The summed E-state index contributed by atoms with van der Waals surface area (Å²) in [6.07, 6.45) is 1.48. The van der Waals surface area contributed by atoms with Crippen LogP contribution in [0.2, 0.25) is 0 Å². The van der Waals surface area contributed by atoms with Crippen molar-refractivity contribution in [1.82, 2.24) is 9.55 Å². The Kier molecular flexibility index (Phi) is 4.60. The van der Waals surface area contributed by atoms with Gasteiger partial charge in [-0.2, -0.15) is 0 Å². The first-order valence-corrected chi connectivity index (χ1v) is 8.79. The lowest BCUT2D eigenvalue weighted by molar-refractivity contribution is 0.0859. The number of imidazole rings is 1. The molecule has 0 bridgehead atoms. The number of rotatable bonds is 3. The monoisotopic (exact) mass is 421 g/mol. The topological polar surface area (TPSA) is 46.9 Å².